The molecule has 0 unspecified atom stereocenters. The van der Waals surface area contributed by atoms with Crippen LogP contribution in [-0.4, -0.2) is 37.3 Å². The lowest BCUT2D eigenvalue weighted by molar-refractivity contribution is -0.116. The molecule has 0 saturated carbocycles. The molecule has 31 heavy (non-hydrogen) atoms. The summed E-state index contributed by atoms with van der Waals surface area (Å²) in [4.78, 5) is 35.5. The summed E-state index contributed by atoms with van der Waals surface area (Å²) < 4.78 is 15.7. The number of H-pyrrole nitrogens is 1. The first-order valence-electron chi connectivity index (χ1n) is 9.79. The number of halogens is 1. The standard InChI is InChI=1S/C22H18FN5O2S/c1-13-10-14-6-2-5-9-17(14)27(13)20(30)12-31-22-25-21(15-7-3-4-8-16(15)23)24-18-11-19(29)26-28(18)22/h2-9,11,13H,10,12H2,1H3,(H,26,29)/t13-/m0/s1. The molecular formula is C22H18FN5O2S. The van der Waals surface area contributed by atoms with Gasteiger partial charge in [0.1, 0.15) is 5.82 Å². The van der Waals surface area contributed by atoms with Gasteiger partial charge in [0.05, 0.1) is 11.3 Å². The van der Waals surface area contributed by atoms with Gasteiger partial charge in [-0.1, -0.05) is 42.1 Å². The molecule has 156 valence electrons. The van der Waals surface area contributed by atoms with E-state index in [1.807, 2.05) is 31.2 Å². The van der Waals surface area contributed by atoms with E-state index < -0.39 is 5.82 Å². The van der Waals surface area contributed by atoms with Crippen molar-refractivity contribution < 1.29 is 9.18 Å². The summed E-state index contributed by atoms with van der Waals surface area (Å²) >= 11 is 1.18. The smallest absolute Gasteiger partial charge is 0.266 e. The van der Waals surface area contributed by atoms with E-state index in [0.29, 0.717) is 10.8 Å². The number of hydrogen-bond acceptors (Lipinski definition) is 5. The van der Waals surface area contributed by atoms with Gasteiger partial charge in [-0.3, -0.25) is 14.7 Å². The maximum absolute atomic E-state index is 14.3. The summed E-state index contributed by atoms with van der Waals surface area (Å²) in [5, 5.41) is 2.99. The number of nitrogens with zero attached hydrogens (tertiary/aromatic N) is 4. The summed E-state index contributed by atoms with van der Waals surface area (Å²) in [6.07, 6.45) is 0.812. The Morgan fingerprint density at radius 1 is 1.19 bits per heavy atom. The third-order valence-electron chi connectivity index (χ3n) is 5.24. The first kappa shape index (κ1) is 19.5. The van der Waals surface area contributed by atoms with Crippen LogP contribution >= 0.6 is 11.8 Å². The number of anilines is 1. The Balaban J connectivity index is 1.47. The summed E-state index contributed by atoms with van der Waals surface area (Å²) in [5.41, 5.74) is 2.27. The minimum atomic E-state index is -0.459. The molecular weight excluding hydrogens is 417 g/mol. The molecule has 4 aromatic rings. The van der Waals surface area contributed by atoms with Crippen molar-refractivity contribution in [2.75, 3.05) is 10.7 Å². The third kappa shape index (κ3) is 3.50. The van der Waals surface area contributed by atoms with E-state index in [1.54, 1.807) is 23.1 Å². The number of nitrogens with one attached hydrogen (secondary N) is 1. The fourth-order valence-corrected chi connectivity index (χ4v) is 4.70. The molecule has 1 aliphatic rings. The Kier molecular flexibility index (Phi) is 4.82. The lowest BCUT2D eigenvalue weighted by Gasteiger charge is -2.22. The highest BCUT2D eigenvalue weighted by molar-refractivity contribution is 7.99. The Labute approximate surface area is 180 Å². The SMILES string of the molecule is C[C@H]1Cc2ccccc2N1C(=O)CSc1nc(-c2ccccc2F)nc2cc(=O)[nH]n12. The normalized spacial score (nSPS) is 15.4. The van der Waals surface area contributed by atoms with Crippen molar-refractivity contribution in [3.63, 3.8) is 0 Å². The third-order valence-corrected chi connectivity index (χ3v) is 6.16. The predicted molar refractivity (Wildman–Crippen MR) is 117 cm³/mol. The van der Waals surface area contributed by atoms with Gasteiger partial charge < -0.3 is 4.90 Å². The largest absolute Gasteiger partial charge is 0.308 e. The number of carbonyl (C=O) groups is 1. The Morgan fingerprint density at radius 2 is 1.97 bits per heavy atom. The zero-order valence-corrected chi connectivity index (χ0v) is 17.4. The van der Waals surface area contributed by atoms with E-state index in [2.05, 4.69) is 15.1 Å². The quantitative estimate of drug-likeness (QED) is 0.498. The van der Waals surface area contributed by atoms with Gasteiger partial charge in [-0.2, -0.15) is 0 Å². The Hall–Kier alpha value is -3.46. The summed E-state index contributed by atoms with van der Waals surface area (Å²) in [5.74, 6) is -0.246. The van der Waals surface area contributed by atoms with Gasteiger partial charge in [0, 0.05) is 17.8 Å². The molecule has 0 radical (unpaired) electrons. The lowest BCUT2D eigenvalue weighted by Crippen LogP contribution is -2.37. The maximum Gasteiger partial charge on any atom is 0.266 e. The van der Waals surface area contributed by atoms with Crippen LogP contribution in [0.2, 0.25) is 0 Å². The lowest BCUT2D eigenvalue weighted by atomic mass is 10.1. The average Bonchev–Trinajstić information content (AvgIpc) is 3.30. The second-order valence-corrected chi connectivity index (χ2v) is 8.30. The first-order chi connectivity index (χ1) is 15.0. The van der Waals surface area contributed by atoms with Crippen LogP contribution in [-0.2, 0) is 11.2 Å². The van der Waals surface area contributed by atoms with E-state index >= 15 is 0 Å². The van der Waals surface area contributed by atoms with Gasteiger partial charge in [-0.05, 0) is 37.1 Å². The van der Waals surface area contributed by atoms with Gasteiger partial charge in [0.2, 0.25) is 5.91 Å². The van der Waals surface area contributed by atoms with Crippen LogP contribution in [0.1, 0.15) is 12.5 Å². The number of carbonyl (C=O) groups excluding carboxylic acids is 1. The Morgan fingerprint density at radius 3 is 2.81 bits per heavy atom. The van der Waals surface area contributed by atoms with Gasteiger partial charge in [-0.25, -0.2) is 18.9 Å². The van der Waals surface area contributed by atoms with Gasteiger partial charge in [0.15, 0.2) is 16.6 Å². The van der Waals surface area contributed by atoms with Crippen LogP contribution in [0.5, 0.6) is 0 Å². The molecule has 0 fully saturated rings. The van der Waals surface area contributed by atoms with E-state index in [-0.39, 0.29) is 34.6 Å². The summed E-state index contributed by atoms with van der Waals surface area (Å²) in [6, 6.07) is 15.4. The fourth-order valence-electron chi connectivity index (χ4n) is 3.88. The molecule has 0 bridgehead atoms. The minimum absolute atomic E-state index is 0.0591. The molecule has 1 atom stereocenters. The van der Waals surface area contributed by atoms with Crippen LogP contribution in [0.4, 0.5) is 10.1 Å². The maximum atomic E-state index is 14.3. The van der Waals surface area contributed by atoms with Crippen molar-refractivity contribution in [2.45, 2.75) is 24.5 Å². The molecule has 5 rings (SSSR count). The number of aromatic amines is 1. The van der Waals surface area contributed by atoms with E-state index in [1.165, 1.54) is 28.4 Å². The number of fused-ring (bicyclic) bond motifs is 2. The molecule has 9 heteroatoms. The van der Waals surface area contributed by atoms with Crippen LogP contribution in [0.25, 0.3) is 17.0 Å². The number of benzene rings is 2. The number of hydrogen-bond donors (Lipinski definition) is 1. The molecule has 2 aromatic heterocycles. The van der Waals surface area contributed by atoms with Crippen molar-refractivity contribution in [3.05, 3.63) is 76.3 Å². The Bertz CT molecular complexity index is 1370. The molecule has 1 N–H and O–H groups in total. The highest BCUT2D eigenvalue weighted by Gasteiger charge is 2.30. The molecule has 0 spiro atoms. The van der Waals surface area contributed by atoms with Gasteiger partial charge in [0.25, 0.3) is 5.56 Å². The highest BCUT2D eigenvalue weighted by atomic mass is 32.2. The molecule has 1 aliphatic heterocycles. The van der Waals surface area contributed by atoms with Crippen LogP contribution in [0.15, 0.2) is 64.5 Å². The molecule has 1 amide bonds. The zero-order valence-electron chi connectivity index (χ0n) is 16.6. The molecule has 0 saturated heterocycles. The number of amides is 1. The van der Waals surface area contributed by atoms with Crippen molar-refractivity contribution in [2.24, 2.45) is 0 Å². The predicted octanol–water partition coefficient (Wildman–Crippen LogP) is 3.29. The summed E-state index contributed by atoms with van der Waals surface area (Å²) in [6.45, 7) is 2.02. The van der Waals surface area contributed by atoms with E-state index in [0.717, 1.165) is 17.7 Å². The van der Waals surface area contributed by atoms with Crippen molar-refractivity contribution in [1.29, 1.82) is 0 Å². The first-order valence-corrected chi connectivity index (χ1v) is 10.8. The second-order valence-electron chi connectivity index (χ2n) is 7.36. The topological polar surface area (TPSA) is 83.4 Å². The molecule has 3 heterocycles. The van der Waals surface area contributed by atoms with Crippen molar-refractivity contribution in [3.8, 4) is 11.4 Å². The number of aromatic nitrogens is 4. The molecule has 2 aromatic carbocycles. The number of para-hydroxylation sites is 1. The van der Waals surface area contributed by atoms with E-state index in [4.69, 9.17) is 0 Å². The molecule has 0 aliphatic carbocycles. The zero-order chi connectivity index (χ0) is 21.5. The fraction of sp³-hybridized carbons (Fsp3) is 0.182. The molecule has 7 nitrogen and oxygen atoms in total. The van der Waals surface area contributed by atoms with Crippen LogP contribution in [0.3, 0.4) is 0 Å². The number of rotatable bonds is 4. The van der Waals surface area contributed by atoms with Crippen molar-refractivity contribution >= 4 is 29.0 Å². The van der Waals surface area contributed by atoms with E-state index in [9.17, 15) is 14.0 Å². The average molecular weight is 435 g/mol. The monoisotopic (exact) mass is 435 g/mol. The van der Waals surface area contributed by atoms with Crippen LogP contribution in [0, 0.1) is 5.82 Å². The van der Waals surface area contributed by atoms with Gasteiger partial charge >= 0.3 is 0 Å². The summed E-state index contributed by atoms with van der Waals surface area (Å²) in [7, 11) is 0. The van der Waals surface area contributed by atoms with Crippen molar-refractivity contribution in [1.82, 2.24) is 19.6 Å². The minimum Gasteiger partial charge on any atom is -0.308 e. The second kappa shape index (κ2) is 7.66. The highest BCUT2D eigenvalue weighted by Crippen LogP contribution is 2.33. The van der Waals surface area contributed by atoms with Crippen LogP contribution < -0.4 is 10.5 Å². The number of thioether (sulfide) groups is 1. The van der Waals surface area contributed by atoms with Gasteiger partial charge in [-0.15, -0.1) is 0 Å².